The number of rotatable bonds is 7. The number of methoxy groups -OCH3 is 1. The molecule has 9 heteroatoms. The van der Waals surface area contributed by atoms with Crippen LogP contribution >= 0.6 is 0 Å². The van der Waals surface area contributed by atoms with Gasteiger partial charge in [0.05, 0.1) is 18.6 Å². The summed E-state index contributed by atoms with van der Waals surface area (Å²) < 4.78 is 71.9. The molecule has 0 amide bonds. The van der Waals surface area contributed by atoms with Crippen LogP contribution < -0.4 is 0 Å². The molecule has 0 saturated heterocycles. The number of hydrogen-bond donors (Lipinski definition) is 0. The molecule has 142 valence electrons. The first-order valence-electron chi connectivity index (χ1n) is 7.28. The number of carbonyl (C=O) groups excluding carboxylic acids is 1. The molecule has 0 N–H and O–H groups in total. The molecule has 0 aromatic heterocycles. The van der Waals surface area contributed by atoms with Crippen LogP contribution in [0.4, 0.5) is 13.2 Å². The van der Waals surface area contributed by atoms with Crippen LogP contribution in [0.1, 0.15) is 12.0 Å². The Labute approximate surface area is 150 Å². The SMILES string of the molecule is C#CCN(C(CC=C)(C(=O)OC)C(F)(F)F)S(=O)(=O)c1ccc(C)cc1. The first kappa shape index (κ1) is 21.7. The Morgan fingerprint density at radius 1 is 1.35 bits per heavy atom. The van der Waals surface area contributed by atoms with Crippen molar-refractivity contribution in [3.63, 3.8) is 0 Å². The Kier molecular flexibility index (Phi) is 6.63. The van der Waals surface area contributed by atoms with Crippen LogP contribution in [0.3, 0.4) is 0 Å². The third-order valence-electron chi connectivity index (χ3n) is 3.70. The van der Waals surface area contributed by atoms with E-state index >= 15 is 0 Å². The topological polar surface area (TPSA) is 63.7 Å². The van der Waals surface area contributed by atoms with Crippen molar-refractivity contribution in [2.24, 2.45) is 0 Å². The smallest absolute Gasteiger partial charge is 0.418 e. The minimum Gasteiger partial charge on any atom is -0.467 e. The fourth-order valence-electron chi connectivity index (χ4n) is 2.38. The van der Waals surface area contributed by atoms with Crippen molar-refractivity contribution in [1.29, 1.82) is 0 Å². The lowest BCUT2D eigenvalue weighted by Gasteiger charge is -2.40. The molecule has 0 aliphatic heterocycles. The van der Waals surface area contributed by atoms with Crippen LogP contribution in [0.25, 0.3) is 0 Å². The van der Waals surface area contributed by atoms with Crippen molar-refractivity contribution in [3.05, 3.63) is 42.5 Å². The number of halogens is 3. The van der Waals surface area contributed by atoms with Crippen molar-refractivity contribution in [2.45, 2.75) is 30.0 Å². The van der Waals surface area contributed by atoms with E-state index in [4.69, 9.17) is 6.42 Å². The lowest BCUT2D eigenvalue weighted by Crippen LogP contribution is -2.65. The molecular formula is C17H18F3NO4S. The summed E-state index contributed by atoms with van der Waals surface area (Å²) in [5, 5.41) is 0. The molecule has 0 bridgehead atoms. The molecule has 1 atom stereocenters. The van der Waals surface area contributed by atoms with E-state index < -0.39 is 45.6 Å². The predicted molar refractivity (Wildman–Crippen MR) is 89.5 cm³/mol. The van der Waals surface area contributed by atoms with Gasteiger partial charge in [0.2, 0.25) is 15.6 Å². The fraction of sp³-hybridized carbons (Fsp3) is 0.353. The quantitative estimate of drug-likeness (QED) is 0.409. The molecular weight excluding hydrogens is 371 g/mol. The molecule has 0 heterocycles. The zero-order valence-corrected chi connectivity index (χ0v) is 15.0. The summed E-state index contributed by atoms with van der Waals surface area (Å²) in [7, 11) is -4.04. The van der Waals surface area contributed by atoms with E-state index in [2.05, 4.69) is 11.3 Å². The predicted octanol–water partition coefficient (Wildman–Crippen LogP) is 2.67. The normalized spacial score (nSPS) is 14.3. The van der Waals surface area contributed by atoms with Crippen molar-refractivity contribution in [1.82, 2.24) is 4.31 Å². The average molecular weight is 389 g/mol. The third-order valence-corrected chi connectivity index (χ3v) is 5.59. The largest absolute Gasteiger partial charge is 0.467 e. The number of aryl methyl sites for hydroxylation is 1. The van der Waals surface area contributed by atoms with E-state index in [0.717, 1.165) is 25.3 Å². The highest BCUT2D eigenvalue weighted by atomic mass is 32.2. The number of alkyl halides is 3. The number of ether oxygens (including phenoxy) is 1. The lowest BCUT2D eigenvalue weighted by atomic mass is 9.94. The standard InChI is InChI=1S/C17H18F3NO4S/c1-5-11-16(15(22)25-4,17(18,19)20)21(12-6-2)26(23,24)14-9-7-13(3)8-10-14/h2,5,7-10H,1,11-12H2,3-4H3. The van der Waals surface area contributed by atoms with E-state index in [0.29, 0.717) is 5.56 Å². The minimum atomic E-state index is -5.30. The van der Waals surface area contributed by atoms with Crippen molar-refractivity contribution < 1.29 is 31.1 Å². The Balaban J connectivity index is 3.79. The molecule has 5 nitrogen and oxygen atoms in total. The molecule has 1 unspecified atom stereocenters. The zero-order chi connectivity index (χ0) is 20.2. The van der Waals surface area contributed by atoms with Crippen molar-refractivity contribution >= 4 is 16.0 Å². The Bertz CT molecular complexity index is 810. The van der Waals surface area contributed by atoms with Crippen LogP contribution in [0.15, 0.2) is 41.8 Å². The Hall–Kier alpha value is -2.31. The van der Waals surface area contributed by atoms with Crippen LogP contribution in [-0.2, 0) is 19.6 Å². The monoisotopic (exact) mass is 389 g/mol. The zero-order valence-electron chi connectivity index (χ0n) is 14.2. The summed E-state index contributed by atoms with van der Waals surface area (Å²) in [5.74, 6) is 0.0789. The Morgan fingerprint density at radius 2 is 1.88 bits per heavy atom. The van der Waals surface area contributed by atoms with Gasteiger partial charge in [-0.3, -0.25) is 0 Å². The number of carbonyl (C=O) groups is 1. The van der Waals surface area contributed by atoms with Gasteiger partial charge in [-0.15, -0.1) is 13.0 Å². The maximum Gasteiger partial charge on any atom is 0.418 e. The van der Waals surface area contributed by atoms with E-state index in [1.54, 1.807) is 6.92 Å². The minimum absolute atomic E-state index is 0.0574. The van der Waals surface area contributed by atoms with E-state index in [1.807, 2.05) is 5.92 Å². The molecule has 0 saturated carbocycles. The first-order valence-corrected chi connectivity index (χ1v) is 8.72. The molecule has 26 heavy (non-hydrogen) atoms. The number of hydrogen-bond acceptors (Lipinski definition) is 4. The second kappa shape index (κ2) is 7.93. The highest BCUT2D eigenvalue weighted by molar-refractivity contribution is 7.89. The van der Waals surface area contributed by atoms with Crippen LogP contribution in [-0.4, -0.2) is 44.1 Å². The molecule has 0 aliphatic rings. The third kappa shape index (κ3) is 3.76. The maximum absolute atomic E-state index is 14.0. The molecule has 1 aromatic rings. The van der Waals surface area contributed by atoms with Gasteiger partial charge in [0.15, 0.2) is 0 Å². The van der Waals surface area contributed by atoms with Crippen LogP contribution in [0.2, 0.25) is 0 Å². The van der Waals surface area contributed by atoms with Crippen molar-refractivity contribution in [2.75, 3.05) is 13.7 Å². The number of nitrogens with zero attached hydrogens (tertiary/aromatic N) is 1. The summed E-state index contributed by atoms with van der Waals surface area (Å²) in [6, 6.07) is 5.12. The van der Waals surface area contributed by atoms with Crippen molar-refractivity contribution in [3.8, 4) is 12.3 Å². The first-order chi connectivity index (χ1) is 12.0. The maximum atomic E-state index is 14.0. The summed E-state index contributed by atoms with van der Waals surface area (Å²) in [5.41, 5.74) is -2.83. The van der Waals surface area contributed by atoms with Gasteiger partial charge in [-0.05, 0) is 19.1 Å². The van der Waals surface area contributed by atoms with E-state index in [9.17, 15) is 26.4 Å². The van der Waals surface area contributed by atoms with Crippen LogP contribution in [0, 0.1) is 19.3 Å². The van der Waals surface area contributed by atoms with Gasteiger partial charge in [-0.2, -0.15) is 17.5 Å². The summed E-state index contributed by atoms with van der Waals surface area (Å²) >= 11 is 0. The molecule has 0 aliphatic carbocycles. The van der Waals surface area contributed by atoms with Gasteiger partial charge < -0.3 is 4.74 Å². The highest BCUT2D eigenvalue weighted by Gasteiger charge is 2.67. The highest BCUT2D eigenvalue weighted by Crippen LogP contribution is 2.42. The van der Waals surface area contributed by atoms with Gasteiger partial charge in [0.25, 0.3) is 0 Å². The number of esters is 1. The molecule has 1 rings (SSSR count). The van der Waals surface area contributed by atoms with E-state index in [-0.39, 0.29) is 4.31 Å². The second-order valence-corrected chi connectivity index (χ2v) is 7.23. The average Bonchev–Trinajstić information content (AvgIpc) is 2.56. The summed E-state index contributed by atoms with van der Waals surface area (Å²) in [6.45, 7) is 3.90. The molecule has 0 radical (unpaired) electrons. The molecule has 0 fully saturated rings. The molecule has 1 aromatic carbocycles. The lowest BCUT2D eigenvalue weighted by molar-refractivity contribution is -0.226. The second-order valence-electron chi connectivity index (χ2n) is 5.37. The van der Waals surface area contributed by atoms with Gasteiger partial charge >= 0.3 is 12.1 Å². The molecule has 0 spiro atoms. The van der Waals surface area contributed by atoms with Gasteiger partial charge in [-0.1, -0.05) is 29.7 Å². The van der Waals surface area contributed by atoms with Gasteiger partial charge in [-0.25, -0.2) is 13.2 Å². The summed E-state index contributed by atoms with van der Waals surface area (Å²) in [6.07, 6.45) is -0.467. The van der Waals surface area contributed by atoms with Crippen LogP contribution in [0.5, 0.6) is 0 Å². The van der Waals surface area contributed by atoms with Gasteiger partial charge in [0.1, 0.15) is 0 Å². The number of terminal acetylenes is 1. The Morgan fingerprint density at radius 3 is 2.27 bits per heavy atom. The number of sulfonamides is 1. The van der Waals surface area contributed by atoms with Gasteiger partial charge in [0, 0.05) is 6.42 Å². The fourth-order valence-corrected chi connectivity index (χ4v) is 4.02. The van der Waals surface area contributed by atoms with E-state index in [1.165, 1.54) is 12.1 Å². The summed E-state index contributed by atoms with van der Waals surface area (Å²) in [4.78, 5) is 11.7. The number of benzene rings is 1.